The zero-order valence-electron chi connectivity index (χ0n) is 12.1. The Balaban J connectivity index is 1.57. The minimum Gasteiger partial charge on any atom is -0.299 e. The van der Waals surface area contributed by atoms with Crippen LogP contribution in [-0.2, 0) is 24.1 Å². The molecule has 2 heteroatoms. The molecule has 0 spiro atoms. The molecule has 0 aliphatic heterocycles. The Morgan fingerprint density at radius 2 is 1.71 bits per heavy atom. The van der Waals surface area contributed by atoms with Crippen LogP contribution in [0.2, 0.25) is 0 Å². The maximum absolute atomic E-state index is 12.9. The number of hydrogen-bond acceptors (Lipinski definition) is 2. The first-order valence-electron chi connectivity index (χ1n) is 7.87. The van der Waals surface area contributed by atoms with E-state index in [-0.39, 0.29) is 11.8 Å². The highest BCUT2D eigenvalue weighted by Gasteiger charge is 2.35. The maximum Gasteiger partial charge on any atom is 0.145 e. The number of fused-ring (bicyclic) bond motifs is 2. The summed E-state index contributed by atoms with van der Waals surface area (Å²) in [5.41, 5.74) is 5.10. The summed E-state index contributed by atoms with van der Waals surface area (Å²) in [7, 11) is 0. The largest absolute Gasteiger partial charge is 0.299 e. The van der Waals surface area contributed by atoms with Crippen LogP contribution in [0.15, 0.2) is 42.6 Å². The van der Waals surface area contributed by atoms with Crippen molar-refractivity contribution in [1.82, 2.24) is 4.98 Å². The molecule has 2 nitrogen and oxygen atoms in total. The van der Waals surface area contributed by atoms with E-state index in [0.29, 0.717) is 5.78 Å². The fraction of sp³-hybridized carbons (Fsp3) is 0.368. The Labute approximate surface area is 125 Å². The third-order valence-corrected chi connectivity index (χ3v) is 5.05. The summed E-state index contributed by atoms with van der Waals surface area (Å²) in [6.07, 6.45) is 6.71. The van der Waals surface area contributed by atoms with E-state index in [0.717, 1.165) is 37.8 Å². The van der Waals surface area contributed by atoms with Gasteiger partial charge in [-0.25, -0.2) is 0 Å². The summed E-state index contributed by atoms with van der Waals surface area (Å²) in [4.78, 5) is 17.4. The van der Waals surface area contributed by atoms with Crippen LogP contribution >= 0.6 is 0 Å². The number of ketones is 1. The van der Waals surface area contributed by atoms with Gasteiger partial charge < -0.3 is 0 Å². The van der Waals surface area contributed by atoms with Gasteiger partial charge in [0, 0.05) is 12.1 Å². The topological polar surface area (TPSA) is 30.0 Å². The molecule has 1 heterocycles. The summed E-state index contributed by atoms with van der Waals surface area (Å²) in [6.45, 7) is 0. The highest BCUT2D eigenvalue weighted by atomic mass is 16.1. The molecular weight excluding hydrogens is 258 g/mol. The van der Waals surface area contributed by atoms with Crippen molar-refractivity contribution in [2.45, 2.75) is 38.0 Å². The third kappa shape index (κ3) is 2.19. The molecule has 106 valence electrons. The van der Waals surface area contributed by atoms with Gasteiger partial charge in [0.25, 0.3) is 0 Å². The van der Waals surface area contributed by atoms with Crippen molar-refractivity contribution in [3.63, 3.8) is 0 Å². The number of aromatic nitrogens is 1. The predicted octanol–water partition coefficient (Wildman–Crippen LogP) is 3.49. The van der Waals surface area contributed by atoms with Crippen molar-refractivity contribution in [3.05, 3.63) is 65.0 Å². The molecular formula is C19H19NO. The summed E-state index contributed by atoms with van der Waals surface area (Å²) in [6, 6.07) is 12.6. The zero-order chi connectivity index (χ0) is 14.2. The average Bonchev–Trinajstić information content (AvgIpc) is 2.98. The highest BCUT2D eigenvalue weighted by molar-refractivity contribution is 5.89. The molecule has 0 amide bonds. The Kier molecular flexibility index (Phi) is 3.10. The molecule has 21 heavy (non-hydrogen) atoms. The second-order valence-electron chi connectivity index (χ2n) is 6.25. The first kappa shape index (κ1) is 12.8. The van der Waals surface area contributed by atoms with Gasteiger partial charge in [-0.2, -0.15) is 0 Å². The van der Waals surface area contributed by atoms with Crippen LogP contribution in [0.1, 0.15) is 41.1 Å². The van der Waals surface area contributed by atoms with Crippen LogP contribution in [0.3, 0.4) is 0 Å². The van der Waals surface area contributed by atoms with Crippen molar-refractivity contribution in [1.29, 1.82) is 0 Å². The lowest BCUT2D eigenvalue weighted by atomic mass is 9.78. The average molecular weight is 277 g/mol. The minimum absolute atomic E-state index is 0.0384. The van der Waals surface area contributed by atoms with Crippen LogP contribution < -0.4 is 0 Å². The Morgan fingerprint density at radius 1 is 0.952 bits per heavy atom. The predicted molar refractivity (Wildman–Crippen MR) is 82.3 cm³/mol. The smallest absolute Gasteiger partial charge is 0.145 e. The fourth-order valence-electron chi connectivity index (χ4n) is 3.91. The van der Waals surface area contributed by atoms with Gasteiger partial charge in [-0.05, 0) is 54.9 Å². The zero-order valence-corrected chi connectivity index (χ0v) is 12.1. The summed E-state index contributed by atoms with van der Waals surface area (Å²) < 4.78 is 0. The quantitative estimate of drug-likeness (QED) is 0.841. The summed E-state index contributed by atoms with van der Waals surface area (Å²) in [5, 5.41) is 0. The van der Waals surface area contributed by atoms with Crippen LogP contribution in [-0.4, -0.2) is 10.8 Å². The third-order valence-electron chi connectivity index (χ3n) is 5.05. The second-order valence-corrected chi connectivity index (χ2v) is 6.25. The lowest BCUT2D eigenvalue weighted by Crippen LogP contribution is -2.27. The molecule has 0 radical (unpaired) electrons. The number of carbonyl (C=O) groups excluding carboxylic acids is 1. The van der Waals surface area contributed by atoms with Gasteiger partial charge in [0.2, 0.25) is 0 Å². The van der Waals surface area contributed by atoms with Crippen molar-refractivity contribution in [2.24, 2.45) is 5.92 Å². The number of Topliss-reactive ketones (excluding diaryl/α,β-unsaturated/α-hetero) is 1. The molecule has 2 aliphatic carbocycles. The van der Waals surface area contributed by atoms with E-state index in [2.05, 4.69) is 35.3 Å². The van der Waals surface area contributed by atoms with Crippen molar-refractivity contribution in [2.75, 3.05) is 0 Å². The Morgan fingerprint density at radius 3 is 2.62 bits per heavy atom. The first-order valence-corrected chi connectivity index (χ1v) is 7.87. The van der Waals surface area contributed by atoms with E-state index in [9.17, 15) is 4.79 Å². The molecule has 1 aromatic carbocycles. The molecule has 2 aliphatic rings. The van der Waals surface area contributed by atoms with Gasteiger partial charge in [0.1, 0.15) is 5.78 Å². The maximum atomic E-state index is 12.9. The van der Waals surface area contributed by atoms with Crippen LogP contribution in [0, 0.1) is 5.92 Å². The molecule has 0 N–H and O–H groups in total. The van der Waals surface area contributed by atoms with E-state index in [1.54, 1.807) is 0 Å². The molecule has 2 aromatic rings. The highest BCUT2D eigenvalue weighted by Crippen LogP contribution is 2.37. The van der Waals surface area contributed by atoms with E-state index in [1.807, 2.05) is 12.3 Å². The van der Waals surface area contributed by atoms with Gasteiger partial charge >= 0.3 is 0 Å². The van der Waals surface area contributed by atoms with Gasteiger partial charge in [0.15, 0.2) is 0 Å². The van der Waals surface area contributed by atoms with Crippen LogP contribution in [0.5, 0.6) is 0 Å². The number of rotatable bonds is 2. The fourth-order valence-corrected chi connectivity index (χ4v) is 3.91. The van der Waals surface area contributed by atoms with E-state index < -0.39 is 0 Å². The Hall–Kier alpha value is -1.96. The number of aryl methyl sites for hydroxylation is 2. The number of pyridine rings is 1. The van der Waals surface area contributed by atoms with E-state index in [1.165, 1.54) is 16.7 Å². The van der Waals surface area contributed by atoms with E-state index >= 15 is 0 Å². The molecule has 0 saturated carbocycles. The molecule has 2 unspecified atom stereocenters. The van der Waals surface area contributed by atoms with Crippen LogP contribution in [0.4, 0.5) is 0 Å². The molecule has 2 atom stereocenters. The number of nitrogens with zero attached hydrogens (tertiary/aromatic N) is 1. The minimum atomic E-state index is 0.0384. The normalized spacial score (nSPS) is 23.4. The lowest BCUT2D eigenvalue weighted by molar-refractivity contribution is -0.124. The van der Waals surface area contributed by atoms with Gasteiger partial charge in [-0.15, -0.1) is 0 Å². The molecule has 0 fully saturated rings. The summed E-state index contributed by atoms with van der Waals surface area (Å²) >= 11 is 0. The van der Waals surface area contributed by atoms with E-state index in [4.69, 9.17) is 0 Å². The van der Waals surface area contributed by atoms with Gasteiger partial charge in [-0.1, -0.05) is 30.3 Å². The SMILES string of the molecule is O=C(C1CCc2ccccc2C1)C1CCc2cccnc21. The molecule has 0 saturated heterocycles. The van der Waals surface area contributed by atoms with Crippen molar-refractivity contribution < 1.29 is 4.79 Å². The number of carbonyl (C=O) groups is 1. The molecule has 4 rings (SSSR count). The lowest BCUT2D eigenvalue weighted by Gasteiger charge is -2.25. The number of hydrogen-bond donors (Lipinski definition) is 0. The van der Waals surface area contributed by atoms with Crippen LogP contribution in [0.25, 0.3) is 0 Å². The monoisotopic (exact) mass is 277 g/mol. The Bertz CT molecular complexity index is 691. The van der Waals surface area contributed by atoms with Crippen molar-refractivity contribution >= 4 is 5.78 Å². The molecule has 0 bridgehead atoms. The van der Waals surface area contributed by atoms with Crippen molar-refractivity contribution in [3.8, 4) is 0 Å². The molecule has 1 aromatic heterocycles. The van der Waals surface area contributed by atoms with Gasteiger partial charge in [0.05, 0.1) is 11.6 Å². The second kappa shape index (κ2) is 5.10. The summed E-state index contributed by atoms with van der Waals surface area (Å²) in [5.74, 6) is 0.635. The first-order chi connectivity index (χ1) is 10.3. The van der Waals surface area contributed by atoms with Gasteiger partial charge in [-0.3, -0.25) is 9.78 Å². The number of benzene rings is 1. The standard InChI is InChI=1S/C19H19NO/c21-19(17-10-9-14-6-3-11-20-18(14)17)16-8-7-13-4-1-2-5-15(13)12-16/h1-6,11,16-17H,7-10,12H2.